The number of hydrogen-bond acceptors (Lipinski definition) is 5. The molecule has 0 saturated carbocycles. The van der Waals surface area contributed by atoms with Crippen molar-refractivity contribution in [2.45, 2.75) is 11.8 Å². The maximum Gasteiger partial charge on any atom is 0.318 e. The molecule has 0 amide bonds. The number of nitro groups is 1. The molecule has 98 valence electrons. The largest absolute Gasteiger partial charge is 0.480 e. The molecule has 0 aromatic heterocycles. The average molecular weight is 274 g/mol. The maximum absolute atomic E-state index is 11.8. The van der Waals surface area contributed by atoms with Gasteiger partial charge in [0.1, 0.15) is 6.54 Å². The topological polar surface area (TPSA) is 127 Å². The number of nitrogens with one attached hydrogen (secondary N) is 1. The number of aryl methyl sites for hydroxylation is 1. The van der Waals surface area contributed by atoms with E-state index >= 15 is 0 Å². The quantitative estimate of drug-likeness (QED) is 0.586. The maximum atomic E-state index is 11.8. The summed E-state index contributed by atoms with van der Waals surface area (Å²) in [6, 6.07) is 3.79. The van der Waals surface area contributed by atoms with Crippen LogP contribution in [0.25, 0.3) is 0 Å². The lowest BCUT2D eigenvalue weighted by atomic mass is 10.2. The molecule has 0 saturated heterocycles. The number of nitrogens with zero attached hydrogens (tertiary/aromatic N) is 1. The van der Waals surface area contributed by atoms with Crippen molar-refractivity contribution in [3.63, 3.8) is 0 Å². The van der Waals surface area contributed by atoms with Crippen molar-refractivity contribution < 1.29 is 23.2 Å². The molecular weight excluding hydrogens is 264 g/mol. The number of carboxylic acids is 1. The van der Waals surface area contributed by atoms with Crippen LogP contribution in [-0.2, 0) is 14.8 Å². The first-order valence-corrected chi connectivity index (χ1v) is 6.19. The monoisotopic (exact) mass is 274 g/mol. The molecule has 0 spiro atoms. The van der Waals surface area contributed by atoms with E-state index < -0.39 is 38.0 Å². The van der Waals surface area contributed by atoms with Gasteiger partial charge >= 0.3 is 5.97 Å². The summed E-state index contributed by atoms with van der Waals surface area (Å²) in [5.41, 5.74) is -0.421. The van der Waals surface area contributed by atoms with Crippen LogP contribution in [0.4, 0.5) is 5.69 Å². The van der Waals surface area contributed by atoms with Crippen LogP contribution in [0.3, 0.4) is 0 Å². The van der Waals surface area contributed by atoms with E-state index in [2.05, 4.69) is 0 Å². The van der Waals surface area contributed by atoms with E-state index in [9.17, 15) is 23.3 Å². The van der Waals surface area contributed by atoms with Crippen LogP contribution in [0.5, 0.6) is 0 Å². The zero-order valence-corrected chi connectivity index (χ0v) is 10.1. The number of hydrogen-bond donors (Lipinski definition) is 2. The second-order valence-corrected chi connectivity index (χ2v) is 5.10. The summed E-state index contributed by atoms with van der Waals surface area (Å²) in [6.45, 7) is 0.552. The first-order valence-electron chi connectivity index (χ1n) is 4.71. The van der Waals surface area contributed by atoms with E-state index in [-0.39, 0.29) is 5.56 Å². The van der Waals surface area contributed by atoms with E-state index in [1.54, 1.807) is 4.72 Å². The molecule has 1 rings (SSSR count). The van der Waals surface area contributed by atoms with Crippen LogP contribution >= 0.6 is 0 Å². The van der Waals surface area contributed by atoms with E-state index in [4.69, 9.17) is 5.11 Å². The molecule has 9 heteroatoms. The molecular formula is C9H10N2O6S. The van der Waals surface area contributed by atoms with Gasteiger partial charge in [0, 0.05) is 6.07 Å². The molecule has 0 aliphatic rings. The van der Waals surface area contributed by atoms with Crippen molar-refractivity contribution in [1.29, 1.82) is 0 Å². The molecule has 0 radical (unpaired) electrons. The Hall–Kier alpha value is -2.00. The van der Waals surface area contributed by atoms with E-state index in [1.165, 1.54) is 19.1 Å². The van der Waals surface area contributed by atoms with Crippen molar-refractivity contribution in [3.05, 3.63) is 33.9 Å². The summed E-state index contributed by atoms with van der Waals surface area (Å²) >= 11 is 0. The number of nitro benzene ring substituents is 1. The highest BCUT2D eigenvalue weighted by atomic mass is 32.2. The number of rotatable bonds is 5. The molecule has 0 atom stereocenters. The minimum Gasteiger partial charge on any atom is -0.480 e. The van der Waals surface area contributed by atoms with Crippen LogP contribution in [-0.4, -0.2) is 31.0 Å². The fraction of sp³-hybridized carbons (Fsp3) is 0.222. The van der Waals surface area contributed by atoms with Crippen molar-refractivity contribution >= 4 is 21.7 Å². The van der Waals surface area contributed by atoms with Crippen molar-refractivity contribution in [1.82, 2.24) is 4.72 Å². The molecule has 0 aliphatic carbocycles. The molecule has 2 N–H and O–H groups in total. The summed E-state index contributed by atoms with van der Waals surface area (Å²) in [6.07, 6.45) is 0. The summed E-state index contributed by atoms with van der Waals surface area (Å²) in [4.78, 5) is 19.7. The minimum absolute atomic E-state index is 0.169. The van der Waals surface area contributed by atoms with Gasteiger partial charge in [-0.3, -0.25) is 14.9 Å². The standard InChI is InChI=1S/C9H10N2O6S/c1-6-3-2-4-7(11(14)15)9(6)18(16,17)10-5-8(12)13/h2-4,10H,5H2,1H3,(H,12,13). The molecule has 0 bridgehead atoms. The summed E-state index contributed by atoms with van der Waals surface area (Å²) < 4.78 is 25.4. The lowest BCUT2D eigenvalue weighted by molar-refractivity contribution is -0.387. The van der Waals surface area contributed by atoms with Crippen LogP contribution < -0.4 is 4.72 Å². The lowest BCUT2D eigenvalue weighted by Crippen LogP contribution is -2.30. The van der Waals surface area contributed by atoms with Gasteiger partial charge in [0.15, 0.2) is 4.90 Å². The van der Waals surface area contributed by atoms with Gasteiger partial charge in [-0.2, -0.15) is 4.72 Å². The Kier molecular flexibility index (Phi) is 3.99. The van der Waals surface area contributed by atoms with E-state index in [0.29, 0.717) is 0 Å². The Bertz CT molecular complexity index is 595. The second kappa shape index (κ2) is 5.10. The fourth-order valence-corrected chi connectivity index (χ4v) is 2.73. The number of benzene rings is 1. The van der Waals surface area contributed by atoms with Gasteiger partial charge in [-0.05, 0) is 12.5 Å². The molecule has 18 heavy (non-hydrogen) atoms. The SMILES string of the molecule is Cc1cccc([N+](=O)[O-])c1S(=O)(=O)NCC(=O)O. The van der Waals surface area contributed by atoms with Crippen LogP contribution in [0.1, 0.15) is 5.56 Å². The Morgan fingerprint density at radius 3 is 2.61 bits per heavy atom. The highest BCUT2D eigenvalue weighted by molar-refractivity contribution is 7.89. The van der Waals surface area contributed by atoms with E-state index in [0.717, 1.165) is 6.07 Å². The van der Waals surface area contributed by atoms with Crippen LogP contribution in [0.15, 0.2) is 23.1 Å². The zero-order valence-electron chi connectivity index (χ0n) is 9.28. The average Bonchev–Trinajstić information content (AvgIpc) is 2.25. The minimum atomic E-state index is -4.23. The first-order chi connectivity index (χ1) is 8.25. The molecule has 0 heterocycles. The molecule has 8 nitrogen and oxygen atoms in total. The number of aliphatic carboxylic acids is 1. The summed E-state index contributed by atoms with van der Waals surface area (Å²) in [5.74, 6) is -1.38. The Balaban J connectivity index is 3.31. The normalized spacial score (nSPS) is 11.2. The first kappa shape index (κ1) is 14.1. The van der Waals surface area contributed by atoms with Crippen molar-refractivity contribution in [2.24, 2.45) is 0 Å². The third-order valence-corrected chi connectivity index (χ3v) is 3.66. The van der Waals surface area contributed by atoms with Gasteiger partial charge in [0.05, 0.1) is 4.92 Å². The Morgan fingerprint density at radius 2 is 2.11 bits per heavy atom. The number of carboxylic acid groups (broad SMARTS) is 1. The predicted octanol–water partition coefficient (Wildman–Crippen LogP) is 0.266. The van der Waals surface area contributed by atoms with Gasteiger partial charge in [0.25, 0.3) is 5.69 Å². The molecule has 1 aromatic carbocycles. The lowest BCUT2D eigenvalue weighted by Gasteiger charge is -2.08. The summed E-state index contributed by atoms with van der Waals surface area (Å²) in [5, 5.41) is 19.2. The second-order valence-electron chi connectivity index (χ2n) is 3.40. The van der Waals surface area contributed by atoms with Crippen LogP contribution in [0, 0.1) is 17.0 Å². The van der Waals surface area contributed by atoms with Gasteiger partial charge in [0.2, 0.25) is 10.0 Å². The molecule has 0 aliphatic heterocycles. The third kappa shape index (κ3) is 3.02. The van der Waals surface area contributed by atoms with E-state index in [1.807, 2.05) is 0 Å². The number of sulfonamides is 1. The van der Waals surface area contributed by atoms with Crippen molar-refractivity contribution in [2.75, 3.05) is 6.54 Å². The number of carbonyl (C=O) groups is 1. The molecule has 0 fully saturated rings. The molecule has 0 unspecified atom stereocenters. The van der Waals surface area contributed by atoms with Gasteiger partial charge in [-0.15, -0.1) is 0 Å². The van der Waals surface area contributed by atoms with Gasteiger partial charge < -0.3 is 5.11 Å². The van der Waals surface area contributed by atoms with Crippen LogP contribution in [0.2, 0.25) is 0 Å². The zero-order chi connectivity index (χ0) is 13.9. The third-order valence-electron chi connectivity index (χ3n) is 2.07. The van der Waals surface area contributed by atoms with Gasteiger partial charge in [-0.1, -0.05) is 12.1 Å². The Morgan fingerprint density at radius 1 is 1.50 bits per heavy atom. The highest BCUT2D eigenvalue weighted by Crippen LogP contribution is 2.26. The fourth-order valence-electron chi connectivity index (χ4n) is 1.36. The van der Waals surface area contributed by atoms with Gasteiger partial charge in [-0.25, -0.2) is 8.42 Å². The Labute approximate surface area is 102 Å². The highest BCUT2D eigenvalue weighted by Gasteiger charge is 2.27. The molecule has 1 aromatic rings. The summed E-state index contributed by atoms with van der Waals surface area (Å²) in [7, 11) is -4.23. The van der Waals surface area contributed by atoms with Crippen molar-refractivity contribution in [3.8, 4) is 0 Å². The smallest absolute Gasteiger partial charge is 0.318 e. The predicted molar refractivity (Wildman–Crippen MR) is 60.7 cm³/mol.